The summed E-state index contributed by atoms with van der Waals surface area (Å²) in [6, 6.07) is 5.76. The van der Waals surface area contributed by atoms with Gasteiger partial charge in [-0.3, -0.25) is 4.79 Å². The normalized spacial score (nSPS) is 12.4. The first-order valence-electron chi connectivity index (χ1n) is 6.47. The molecule has 0 saturated heterocycles. The number of halogens is 1. The molecule has 1 N–H and O–H groups in total. The van der Waals surface area contributed by atoms with Crippen molar-refractivity contribution in [1.29, 1.82) is 0 Å². The SMILES string of the molecule is CC(C)C(Cn1nccn1)NC(=O)c1ccccc1F. The van der Waals surface area contributed by atoms with Gasteiger partial charge in [0.05, 0.1) is 30.5 Å². The van der Waals surface area contributed by atoms with Crippen molar-refractivity contribution in [3.63, 3.8) is 0 Å². The first kappa shape index (κ1) is 14.2. The maximum Gasteiger partial charge on any atom is 0.254 e. The van der Waals surface area contributed by atoms with Gasteiger partial charge in [0, 0.05) is 0 Å². The molecule has 0 aliphatic heterocycles. The molecule has 0 fully saturated rings. The molecular formula is C14H17FN4O. The number of carbonyl (C=O) groups is 1. The fourth-order valence-electron chi connectivity index (χ4n) is 1.83. The molecule has 2 rings (SSSR count). The molecule has 1 atom stereocenters. The fraction of sp³-hybridized carbons (Fsp3) is 0.357. The van der Waals surface area contributed by atoms with E-state index in [1.165, 1.54) is 16.9 Å². The van der Waals surface area contributed by atoms with Crippen molar-refractivity contribution in [2.24, 2.45) is 5.92 Å². The molecule has 20 heavy (non-hydrogen) atoms. The highest BCUT2D eigenvalue weighted by Crippen LogP contribution is 2.09. The lowest BCUT2D eigenvalue weighted by molar-refractivity contribution is 0.0913. The van der Waals surface area contributed by atoms with Crippen LogP contribution in [0.3, 0.4) is 0 Å². The molecule has 1 amide bonds. The summed E-state index contributed by atoms with van der Waals surface area (Å²) in [6.07, 6.45) is 3.16. The number of rotatable bonds is 5. The van der Waals surface area contributed by atoms with E-state index >= 15 is 0 Å². The molecule has 0 saturated carbocycles. The molecule has 1 heterocycles. The van der Waals surface area contributed by atoms with Gasteiger partial charge in [-0.1, -0.05) is 26.0 Å². The van der Waals surface area contributed by atoms with Gasteiger partial charge in [-0.25, -0.2) is 4.39 Å². The van der Waals surface area contributed by atoms with E-state index in [2.05, 4.69) is 15.5 Å². The van der Waals surface area contributed by atoms with Crippen LogP contribution in [0.25, 0.3) is 0 Å². The van der Waals surface area contributed by atoms with E-state index in [9.17, 15) is 9.18 Å². The maximum absolute atomic E-state index is 13.6. The zero-order valence-corrected chi connectivity index (χ0v) is 11.5. The van der Waals surface area contributed by atoms with Gasteiger partial charge in [-0.15, -0.1) is 0 Å². The van der Waals surface area contributed by atoms with Gasteiger partial charge in [-0.05, 0) is 18.1 Å². The Bertz CT molecular complexity index is 568. The Morgan fingerprint density at radius 3 is 2.55 bits per heavy atom. The van der Waals surface area contributed by atoms with Crippen LogP contribution in [0.1, 0.15) is 24.2 Å². The maximum atomic E-state index is 13.6. The second-order valence-corrected chi connectivity index (χ2v) is 4.89. The van der Waals surface area contributed by atoms with Crippen LogP contribution < -0.4 is 5.32 Å². The third-order valence-corrected chi connectivity index (χ3v) is 3.07. The van der Waals surface area contributed by atoms with E-state index in [0.29, 0.717) is 6.54 Å². The molecule has 106 valence electrons. The van der Waals surface area contributed by atoms with Crippen LogP contribution in [0.15, 0.2) is 36.7 Å². The lowest BCUT2D eigenvalue weighted by atomic mass is 10.0. The third kappa shape index (κ3) is 3.40. The van der Waals surface area contributed by atoms with E-state index in [-0.39, 0.29) is 17.5 Å². The third-order valence-electron chi connectivity index (χ3n) is 3.07. The van der Waals surface area contributed by atoms with E-state index < -0.39 is 11.7 Å². The van der Waals surface area contributed by atoms with Gasteiger partial charge in [0.2, 0.25) is 0 Å². The Labute approximate surface area is 116 Å². The minimum Gasteiger partial charge on any atom is -0.347 e. The summed E-state index contributed by atoms with van der Waals surface area (Å²) >= 11 is 0. The predicted molar refractivity (Wildman–Crippen MR) is 72.5 cm³/mol. The Balaban J connectivity index is 2.08. The van der Waals surface area contributed by atoms with E-state index in [4.69, 9.17) is 0 Å². The summed E-state index contributed by atoms with van der Waals surface area (Å²) in [6.45, 7) is 4.41. The van der Waals surface area contributed by atoms with Gasteiger partial charge in [0.1, 0.15) is 5.82 Å². The summed E-state index contributed by atoms with van der Waals surface area (Å²) in [5.41, 5.74) is 0.0478. The quantitative estimate of drug-likeness (QED) is 0.907. The predicted octanol–water partition coefficient (Wildman–Crippen LogP) is 1.87. The molecule has 1 unspecified atom stereocenters. The zero-order chi connectivity index (χ0) is 14.5. The number of carbonyl (C=O) groups excluding carboxylic acids is 1. The van der Waals surface area contributed by atoms with Crippen LogP contribution in [-0.4, -0.2) is 26.9 Å². The first-order valence-corrected chi connectivity index (χ1v) is 6.47. The molecule has 0 aliphatic carbocycles. The van der Waals surface area contributed by atoms with Crippen molar-refractivity contribution in [1.82, 2.24) is 20.3 Å². The second kappa shape index (κ2) is 6.27. The van der Waals surface area contributed by atoms with Crippen molar-refractivity contribution in [2.45, 2.75) is 26.4 Å². The standard InChI is InChI=1S/C14H17FN4O/c1-10(2)13(9-19-16-7-8-17-19)18-14(20)11-5-3-4-6-12(11)15/h3-8,10,13H,9H2,1-2H3,(H,18,20). The second-order valence-electron chi connectivity index (χ2n) is 4.89. The smallest absolute Gasteiger partial charge is 0.254 e. The van der Waals surface area contributed by atoms with Crippen molar-refractivity contribution >= 4 is 5.91 Å². The average Bonchev–Trinajstić information content (AvgIpc) is 2.91. The topological polar surface area (TPSA) is 59.8 Å². The van der Waals surface area contributed by atoms with Gasteiger partial charge in [0.15, 0.2) is 0 Å². The molecule has 6 heteroatoms. The van der Waals surface area contributed by atoms with E-state index in [0.717, 1.165) is 0 Å². The molecule has 0 spiro atoms. The highest BCUT2D eigenvalue weighted by molar-refractivity contribution is 5.94. The van der Waals surface area contributed by atoms with Crippen molar-refractivity contribution < 1.29 is 9.18 Å². The summed E-state index contributed by atoms with van der Waals surface area (Å²) in [7, 11) is 0. The summed E-state index contributed by atoms with van der Waals surface area (Å²) in [5.74, 6) is -0.768. The number of hydrogen-bond donors (Lipinski definition) is 1. The number of benzene rings is 1. The van der Waals surface area contributed by atoms with Gasteiger partial charge in [0.25, 0.3) is 5.91 Å². The van der Waals surface area contributed by atoms with E-state index in [1.807, 2.05) is 13.8 Å². The van der Waals surface area contributed by atoms with Crippen molar-refractivity contribution in [3.05, 3.63) is 48.0 Å². The van der Waals surface area contributed by atoms with Gasteiger partial charge < -0.3 is 5.32 Å². The zero-order valence-electron chi connectivity index (χ0n) is 11.5. The molecule has 2 aromatic rings. The minimum atomic E-state index is -0.523. The molecular weight excluding hydrogens is 259 g/mol. The monoisotopic (exact) mass is 276 g/mol. The van der Waals surface area contributed by atoms with Crippen molar-refractivity contribution in [2.75, 3.05) is 0 Å². The van der Waals surface area contributed by atoms with Crippen LogP contribution in [-0.2, 0) is 6.54 Å². The molecule has 0 aliphatic rings. The number of hydrogen-bond acceptors (Lipinski definition) is 3. The minimum absolute atomic E-state index is 0.0478. The first-order chi connectivity index (χ1) is 9.58. The highest BCUT2D eigenvalue weighted by Gasteiger charge is 2.20. The average molecular weight is 276 g/mol. The lowest BCUT2D eigenvalue weighted by Gasteiger charge is -2.22. The Kier molecular flexibility index (Phi) is 4.45. The largest absolute Gasteiger partial charge is 0.347 e. The molecule has 1 aromatic carbocycles. The molecule has 0 bridgehead atoms. The Morgan fingerprint density at radius 1 is 1.30 bits per heavy atom. The van der Waals surface area contributed by atoms with E-state index in [1.54, 1.807) is 24.5 Å². The molecule has 0 radical (unpaired) electrons. The van der Waals surface area contributed by atoms with Crippen molar-refractivity contribution in [3.8, 4) is 0 Å². The van der Waals surface area contributed by atoms with Crippen LogP contribution in [0.2, 0.25) is 0 Å². The summed E-state index contributed by atoms with van der Waals surface area (Å²) in [5, 5.41) is 10.9. The fourth-order valence-corrected chi connectivity index (χ4v) is 1.83. The molecule has 1 aromatic heterocycles. The van der Waals surface area contributed by atoms with Crippen LogP contribution in [0, 0.1) is 11.7 Å². The molecule has 5 nitrogen and oxygen atoms in total. The number of nitrogens with one attached hydrogen (secondary N) is 1. The number of aromatic nitrogens is 3. The number of amides is 1. The van der Waals surface area contributed by atoms with Gasteiger partial charge in [-0.2, -0.15) is 15.0 Å². The van der Waals surface area contributed by atoms with Crippen LogP contribution in [0.5, 0.6) is 0 Å². The van der Waals surface area contributed by atoms with Crippen LogP contribution >= 0.6 is 0 Å². The van der Waals surface area contributed by atoms with Gasteiger partial charge >= 0.3 is 0 Å². The Morgan fingerprint density at radius 2 is 1.95 bits per heavy atom. The lowest BCUT2D eigenvalue weighted by Crippen LogP contribution is -2.42. The summed E-state index contributed by atoms with van der Waals surface area (Å²) in [4.78, 5) is 13.6. The summed E-state index contributed by atoms with van der Waals surface area (Å²) < 4.78 is 13.6. The Hall–Kier alpha value is -2.24. The van der Waals surface area contributed by atoms with Crippen LogP contribution in [0.4, 0.5) is 4.39 Å². The number of nitrogens with zero attached hydrogens (tertiary/aromatic N) is 3. The highest BCUT2D eigenvalue weighted by atomic mass is 19.1.